The van der Waals surface area contributed by atoms with E-state index in [0.29, 0.717) is 5.92 Å². The van der Waals surface area contributed by atoms with Crippen molar-refractivity contribution in [1.82, 2.24) is 0 Å². The highest BCUT2D eigenvalue weighted by Crippen LogP contribution is 2.36. The third-order valence-corrected chi connectivity index (χ3v) is 9.89. The molecule has 2 rings (SSSR count). The molecule has 0 saturated heterocycles. The van der Waals surface area contributed by atoms with Crippen molar-refractivity contribution in [3.05, 3.63) is 71.0 Å². The number of hydrogen-bond acceptors (Lipinski definition) is 1. The first-order valence-corrected chi connectivity index (χ1v) is 12.4. The molecule has 3 heteroatoms. The smallest absolute Gasteiger partial charge is 0.191 e. The van der Waals surface area contributed by atoms with E-state index in [2.05, 4.69) is 59.0 Å². The van der Waals surface area contributed by atoms with Gasteiger partial charge in [-0.2, -0.15) is 0 Å². The van der Waals surface area contributed by atoms with Crippen LogP contribution in [-0.4, -0.2) is 14.9 Å². The van der Waals surface area contributed by atoms with Gasteiger partial charge in [0.2, 0.25) is 0 Å². The van der Waals surface area contributed by atoms with Crippen LogP contribution >= 0.6 is 0 Å². The van der Waals surface area contributed by atoms with Crippen LogP contribution in [0.4, 0.5) is 4.39 Å². The molecule has 0 saturated carbocycles. The van der Waals surface area contributed by atoms with Crippen LogP contribution in [-0.2, 0) is 17.3 Å². The maximum Gasteiger partial charge on any atom is 0.191 e. The van der Waals surface area contributed by atoms with Gasteiger partial charge in [-0.25, -0.2) is 4.39 Å². The highest BCUT2D eigenvalue weighted by molar-refractivity contribution is 6.74. The quantitative estimate of drug-likeness (QED) is 0.496. The van der Waals surface area contributed by atoms with Crippen LogP contribution in [0.1, 0.15) is 44.4 Å². The molecular formula is C23H33FOSi. The minimum Gasteiger partial charge on any atom is -0.417 e. The third-order valence-electron chi connectivity index (χ3n) is 5.39. The lowest BCUT2D eigenvalue weighted by Gasteiger charge is -2.37. The van der Waals surface area contributed by atoms with Gasteiger partial charge in [-0.05, 0) is 65.7 Å². The molecule has 2 aromatic rings. The van der Waals surface area contributed by atoms with Gasteiger partial charge in [0.05, 0.1) is 0 Å². The third kappa shape index (κ3) is 6.06. The van der Waals surface area contributed by atoms with Crippen molar-refractivity contribution < 1.29 is 8.82 Å². The van der Waals surface area contributed by atoms with Gasteiger partial charge in [-0.1, -0.05) is 64.1 Å². The fourth-order valence-corrected chi connectivity index (χ4v) is 3.93. The minimum absolute atomic E-state index is 0.147. The first-order valence-electron chi connectivity index (χ1n) is 9.53. The zero-order valence-electron chi connectivity index (χ0n) is 17.1. The molecule has 0 bridgehead atoms. The van der Waals surface area contributed by atoms with E-state index in [-0.39, 0.29) is 10.9 Å². The predicted molar refractivity (Wildman–Crippen MR) is 112 cm³/mol. The summed E-state index contributed by atoms with van der Waals surface area (Å²) in [5.41, 5.74) is 3.30. The Balaban J connectivity index is 2.00. The Morgan fingerprint density at radius 1 is 0.962 bits per heavy atom. The van der Waals surface area contributed by atoms with E-state index in [1.165, 1.54) is 5.56 Å². The molecule has 2 aromatic carbocycles. The highest BCUT2D eigenvalue weighted by Gasteiger charge is 2.37. The number of halogens is 1. The fraction of sp³-hybridized carbons (Fsp3) is 0.478. The van der Waals surface area contributed by atoms with Crippen molar-refractivity contribution in [3.8, 4) is 0 Å². The van der Waals surface area contributed by atoms with Gasteiger partial charge in [0.25, 0.3) is 0 Å². The summed E-state index contributed by atoms with van der Waals surface area (Å²) in [6.07, 6.45) is 1.61. The minimum atomic E-state index is -1.73. The van der Waals surface area contributed by atoms with Crippen LogP contribution in [0, 0.1) is 11.7 Å². The van der Waals surface area contributed by atoms with E-state index < -0.39 is 8.32 Å². The Bertz CT molecular complexity index is 704. The van der Waals surface area contributed by atoms with Crippen molar-refractivity contribution in [2.24, 2.45) is 5.92 Å². The van der Waals surface area contributed by atoms with Crippen LogP contribution in [0.5, 0.6) is 0 Å². The molecule has 142 valence electrons. The second kappa shape index (κ2) is 8.49. The summed E-state index contributed by atoms with van der Waals surface area (Å²) in [6.45, 7) is 14.3. The Hall–Kier alpha value is -1.45. The van der Waals surface area contributed by atoms with Gasteiger partial charge in [0.1, 0.15) is 5.82 Å². The Morgan fingerprint density at radius 3 is 2.19 bits per heavy atom. The molecule has 0 aliphatic heterocycles. The molecular weight excluding hydrogens is 339 g/mol. The predicted octanol–water partition coefficient (Wildman–Crippen LogP) is 6.62. The first-order chi connectivity index (χ1) is 12.1. The fourth-order valence-electron chi connectivity index (χ4n) is 2.80. The summed E-state index contributed by atoms with van der Waals surface area (Å²) in [4.78, 5) is 0. The molecule has 1 nitrogen and oxygen atoms in total. The second-order valence-electron chi connectivity index (χ2n) is 9.01. The maximum absolute atomic E-state index is 14.1. The van der Waals surface area contributed by atoms with Crippen molar-refractivity contribution in [1.29, 1.82) is 0 Å². The van der Waals surface area contributed by atoms with Crippen molar-refractivity contribution >= 4 is 8.32 Å². The normalized spacial score (nSPS) is 13.7. The lowest BCUT2D eigenvalue weighted by atomic mass is 9.97. The summed E-state index contributed by atoms with van der Waals surface area (Å²) in [7, 11) is -1.73. The number of rotatable bonds is 7. The van der Waals surface area contributed by atoms with Crippen molar-refractivity contribution in [3.63, 3.8) is 0 Å². The molecule has 0 aliphatic rings. The van der Waals surface area contributed by atoms with Crippen molar-refractivity contribution in [2.45, 2.75) is 58.7 Å². The van der Waals surface area contributed by atoms with E-state index in [1.54, 1.807) is 12.1 Å². The van der Waals surface area contributed by atoms with Gasteiger partial charge in [0, 0.05) is 6.61 Å². The lowest BCUT2D eigenvalue weighted by Crippen LogP contribution is -2.41. The van der Waals surface area contributed by atoms with E-state index in [4.69, 9.17) is 4.43 Å². The number of hydrogen-bond donors (Lipinski definition) is 0. The van der Waals surface area contributed by atoms with E-state index in [1.807, 2.05) is 18.2 Å². The monoisotopic (exact) mass is 372 g/mol. The van der Waals surface area contributed by atoms with Crippen LogP contribution in [0.3, 0.4) is 0 Å². The summed E-state index contributed by atoms with van der Waals surface area (Å²) < 4.78 is 20.4. The van der Waals surface area contributed by atoms with E-state index in [0.717, 1.165) is 30.6 Å². The molecule has 0 N–H and O–H groups in total. The molecule has 0 aromatic heterocycles. The average molecular weight is 373 g/mol. The Labute approximate surface area is 159 Å². The summed E-state index contributed by atoms with van der Waals surface area (Å²) in [5, 5.41) is 0.217. The van der Waals surface area contributed by atoms with Crippen LogP contribution in [0.15, 0.2) is 48.5 Å². The molecule has 0 unspecified atom stereocenters. The highest BCUT2D eigenvalue weighted by atomic mass is 28.4. The maximum atomic E-state index is 14.1. The molecule has 0 radical (unpaired) electrons. The standard InChI is InChI=1S/C23H33FOSi/c1-18(17-25-26(5,6)23(2,3)4)12-20-14-21(16-22(24)15-20)13-19-10-8-7-9-11-19/h7-11,14-16,18H,12-13,17H2,1-6H3/t18-/m0/s1. The molecule has 0 spiro atoms. The van der Waals surface area contributed by atoms with E-state index >= 15 is 0 Å². The van der Waals surface area contributed by atoms with Crippen LogP contribution in [0.25, 0.3) is 0 Å². The molecule has 26 heavy (non-hydrogen) atoms. The molecule has 0 aliphatic carbocycles. The lowest BCUT2D eigenvalue weighted by molar-refractivity contribution is 0.237. The molecule has 0 amide bonds. The zero-order chi connectivity index (χ0) is 19.4. The SMILES string of the molecule is C[C@H](CO[Si](C)(C)C(C)(C)C)Cc1cc(F)cc(Cc2ccccc2)c1. The largest absolute Gasteiger partial charge is 0.417 e. The van der Waals surface area contributed by atoms with Gasteiger partial charge in [-0.15, -0.1) is 0 Å². The summed E-state index contributed by atoms with van der Waals surface area (Å²) >= 11 is 0. The number of benzene rings is 2. The first kappa shape index (κ1) is 20.9. The molecule has 0 heterocycles. The topological polar surface area (TPSA) is 9.23 Å². The van der Waals surface area contributed by atoms with Gasteiger partial charge >= 0.3 is 0 Å². The summed E-state index contributed by atoms with van der Waals surface area (Å²) in [5.74, 6) is 0.224. The van der Waals surface area contributed by atoms with Crippen LogP contribution < -0.4 is 0 Å². The second-order valence-corrected chi connectivity index (χ2v) is 13.8. The average Bonchev–Trinajstić information content (AvgIpc) is 2.52. The van der Waals surface area contributed by atoms with Crippen molar-refractivity contribution in [2.75, 3.05) is 6.61 Å². The zero-order valence-corrected chi connectivity index (χ0v) is 18.1. The summed E-state index contributed by atoms with van der Waals surface area (Å²) in [6, 6.07) is 15.7. The van der Waals surface area contributed by atoms with Gasteiger partial charge < -0.3 is 4.43 Å². The van der Waals surface area contributed by atoms with Gasteiger partial charge in [0.15, 0.2) is 8.32 Å². The Morgan fingerprint density at radius 2 is 1.58 bits per heavy atom. The van der Waals surface area contributed by atoms with Gasteiger partial charge in [-0.3, -0.25) is 0 Å². The Kier molecular flexibility index (Phi) is 6.81. The van der Waals surface area contributed by atoms with Crippen LogP contribution in [0.2, 0.25) is 18.1 Å². The molecule has 1 atom stereocenters. The molecule has 0 fully saturated rings. The van der Waals surface area contributed by atoms with E-state index in [9.17, 15) is 4.39 Å².